The third kappa shape index (κ3) is 2.41. The van der Waals surface area contributed by atoms with Gasteiger partial charge in [-0.25, -0.2) is 0 Å². The van der Waals surface area contributed by atoms with E-state index in [9.17, 15) is 13.6 Å². The first-order valence-electron chi connectivity index (χ1n) is 4.60. The number of carbonyl (C=O) groups excluding carboxylic acids is 1. The Labute approximate surface area is 94.2 Å². The predicted molar refractivity (Wildman–Crippen MR) is 53.8 cm³/mol. The van der Waals surface area contributed by atoms with Crippen LogP contribution >= 0.6 is 0 Å². The molecule has 1 heterocycles. The molecule has 0 fully saturated rings. The fraction of sp³-hybridized carbons (Fsp3) is 0.111. The number of benzene rings is 1. The summed E-state index contributed by atoms with van der Waals surface area (Å²) < 4.78 is 25.5. The van der Waals surface area contributed by atoms with Crippen molar-refractivity contribution in [3.63, 3.8) is 0 Å². The second kappa shape index (κ2) is 4.64. The first-order chi connectivity index (χ1) is 8.18. The van der Waals surface area contributed by atoms with Crippen LogP contribution in [-0.4, -0.2) is 32.5 Å². The first kappa shape index (κ1) is 11.1. The summed E-state index contributed by atoms with van der Waals surface area (Å²) in [4.78, 5) is 10.9. The molecule has 0 aliphatic carbocycles. The van der Waals surface area contributed by atoms with E-state index in [0.717, 1.165) is 0 Å². The van der Waals surface area contributed by atoms with Crippen molar-refractivity contribution in [3.05, 3.63) is 30.6 Å². The molecular weight excluding hydrogens is 232 g/mol. The number of halogens is 2. The van der Waals surface area contributed by atoms with Gasteiger partial charge in [-0.3, -0.25) is 4.79 Å². The molecule has 0 saturated carbocycles. The zero-order valence-electron chi connectivity index (χ0n) is 8.42. The fourth-order valence-electron chi connectivity index (χ4n) is 1.24. The zero-order chi connectivity index (χ0) is 12.3. The number of aromatic nitrogens is 4. The molecule has 17 heavy (non-hydrogen) atoms. The third-order valence-corrected chi connectivity index (χ3v) is 1.96. The molecule has 0 aliphatic heterocycles. The van der Waals surface area contributed by atoms with E-state index in [4.69, 9.17) is 0 Å². The van der Waals surface area contributed by atoms with Gasteiger partial charge in [-0.15, -0.1) is 5.10 Å². The van der Waals surface area contributed by atoms with Crippen LogP contribution in [0.25, 0.3) is 5.69 Å². The lowest BCUT2D eigenvalue weighted by molar-refractivity contribution is -0.126. The van der Waals surface area contributed by atoms with Gasteiger partial charge in [0.25, 0.3) is 5.91 Å². The number of hydrogen-bond acceptors (Lipinski definition) is 4. The molecule has 0 atom stereocenters. The van der Waals surface area contributed by atoms with Crippen LogP contribution in [-0.2, 0) is 4.79 Å². The van der Waals surface area contributed by atoms with E-state index in [-0.39, 0.29) is 5.69 Å². The Hall–Kier alpha value is -2.38. The van der Waals surface area contributed by atoms with Crippen molar-refractivity contribution in [1.82, 2.24) is 20.2 Å². The molecule has 2 aromatic rings. The van der Waals surface area contributed by atoms with Gasteiger partial charge in [0.2, 0.25) is 0 Å². The van der Waals surface area contributed by atoms with E-state index in [1.165, 1.54) is 17.1 Å². The van der Waals surface area contributed by atoms with E-state index < -0.39 is 12.3 Å². The maximum Gasteiger partial charge on any atom is 0.315 e. The summed E-state index contributed by atoms with van der Waals surface area (Å²) in [6.45, 7) is 0. The lowest BCUT2D eigenvalue weighted by atomic mass is 10.2. The number of nitrogens with one attached hydrogen (secondary N) is 1. The lowest BCUT2D eigenvalue weighted by Gasteiger charge is -2.09. The van der Waals surface area contributed by atoms with E-state index in [1.54, 1.807) is 18.2 Å². The van der Waals surface area contributed by atoms with E-state index >= 15 is 0 Å². The van der Waals surface area contributed by atoms with Gasteiger partial charge in [0.15, 0.2) is 0 Å². The highest BCUT2D eigenvalue weighted by Crippen LogP contribution is 2.18. The van der Waals surface area contributed by atoms with Crippen molar-refractivity contribution in [3.8, 4) is 5.69 Å². The van der Waals surface area contributed by atoms with Crippen LogP contribution in [0, 0.1) is 0 Å². The third-order valence-electron chi connectivity index (χ3n) is 1.96. The van der Waals surface area contributed by atoms with Crippen LogP contribution in [0.5, 0.6) is 0 Å². The molecule has 6 nitrogen and oxygen atoms in total. The molecule has 8 heteroatoms. The smallest absolute Gasteiger partial charge is 0.315 e. The number of nitrogens with zero attached hydrogens (tertiary/aromatic N) is 4. The van der Waals surface area contributed by atoms with Crippen molar-refractivity contribution in [2.24, 2.45) is 0 Å². The largest absolute Gasteiger partial charge is 0.319 e. The Morgan fingerprint density at radius 1 is 1.35 bits per heavy atom. The SMILES string of the molecule is O=C(Nc1ccccc1-n1cnnn1)C(F)F. The van der Waals surface area contributed by atoms with Gasteiger partial charge in [-0.05, 0) is 22.6 Å². The fourth-order valence-corrected chi connectivity index (χ4v) is 1.24. The van der Waals surface area contributed by atoms with Crippen molar-refractivity contribution in [1.29, 1.82) is 0 Å². The molecule has 1 amide bonds. The van der Waals surface area contributed by atoms with Gasteiger partial charge in [-0.2, -0.15) is 13.5 Å². The maximum atomic E-state index is 12.1. The van der Waals surface area contributed by atoms with Crippen molar-refractivity contribution in [2.75, 3.05) is 5.32 Å². The maximum absolute atomic E-state index is 12.1. The molecule has 0 aliphatic rings. The number of para-hydroxylation sites is 2. The molecule has 0 bridgehead atoms. The summed E-state index contributed by atoms with van der Waals surface area (Å²) in [6.07, 6.45) is -1.77. The van der Waals surface area contributed by atoms with E-state index in [1.807, 2.05) is 0 Å². The average Bonchev–Trinajstić information content (AvgIpc) is 2.83. The second-order valence-corrected chi connectivity index (χ2v) is 3.06. The normalized spacial score (nSPS) is 10.5. The summed E-state index contributed by atoms with van der Waals surface area (Å²) in [5, 5.41) is 12.6. The predicted octanol–water partition coefficient (Wildman–Crippen LogP) is 0.866. The number of rotatable bonds is 3. The molecule has 88 valence electrons. The first-order valence-corrected chi connectivity index (χ1v) is 4.60. The Morgan fingerprint density at radius 2 is 2.12 bits per heavy atom. The van der Waals surface area contributed by atoms with Crippen LogP contribution in [0.15, 0.2) is 30.6 Å². The molecule has 1 aromatic heterocycles. The Kier molecular flexibility index (Phi) is 3.03. The molecule has 2 rings (SSSR count). The van der Waals surface area contributed by atoms with Gasteiger partial charge >= 0.3 is 6.43 Å². The minimum atomic E-state index is -3.07. The minimum Gasteiger partial charge on any atom is -0.319 e. The summed E-state index contributed by atoms with van der Waals surface area (Å²) >= 11 is 0. The van der Waals surface area contributed by atoms with Gasteiger partial charge in [0, 0.05) is 0 Å². The highest BCUT2D eigenvalue weighted by Gasteiger charge is 2.17. The molecule has 0 spiro atoms. The zero-order valence-corrected chi connectivity index (χ0v) is 8.42. The van der Waals surface area contributed by atoms with Gasteiger partial charge in [0.1, 0.15) is 6.33 Å². The molecule has 0 saturated heterocycles. The molecule has 1 N–H and O–H groups in total. The lowest BCUT2D eigenvalue weighted by Crippen LogP contribution is -2.21. The summed E-state index contributed by atoms with van der Waals surface area (Å²) in [7, 11) is 0. The minimum absolute atomic E-state index is 0.213. The number of carbonyl (C=O) groups is 1. The highest BCUT2D eigenvalue weighted by atomic mass is 19.3. The van der Waals surface area contributed by atoms with Crippen LogP contribution in [0.4, 0.5) is 14.5 Å². The van der Waals surface area contributed by atoms with Crippen LogP contribution in [0.1, 0.15) is 0 Å². The van der Waals surface area contributed by atoms with Crippen LogP contribution < -0.4 is 5.32 Å². The topological polar surface area (TPSA) is 72.7 Å². The Balaban J connectivity index is 2.32. The summed E-state index contributed by atoms with van der Waals surface area (Å²) in [5.41, 5.74) is 0.622. The van der Waals surface area contributed by atoms with Crippen molar-refractivity contribution in [2.45, 2.75) is 6.43 Å². The quantitative estimate of drug-likeness (QED) is 0.862. The van der Waals surface area contributed by atoms with Gasteiger partial charge in [-0.1, -0.05) is 12.1 Å². The number of anilines is 1. The highest BCUT2D eigenvalue weighted by molar-refractivity contribution is 5.94. The molecule has 0 radical (unpaired) electrons. The Bertz CT molecular complexity index is 514. The molecule has 0 unspecified atom stereocenters. The number of alkyl halides is 2. The van der Waals surface area contributed by atoms with Gasteiger partial charge in [0.05, 0.1) is 11.4 Å². The number of hydrogen-bond donors (Lipinski definition) is 1. The summed E-state index contributed by atoms with van der Waals surface area (Å²) in [5.74, 6) is -1.37. The number of tetrazole rings is 1. The van der Waals surface area contributed by atoms with E-state index in [2.05, 4.69) is 20.8 Å². The Morgan fingerprint density at radius 3 is 2.76 bits per heavy atom. The monoisotopic (exact) mass is 239 g/mol. The van der Waals surface area contributed by atoms with Crippen LogP contribution in [0.3, 0.4) is 0 Å². The molecular formula is C9H7F2N5O. The molecule has 1 aromatic carbocycles. The average molecular weight is 239 g/mol. The van der Waals surface area contributed by atoms with Gasteiger partial charge < -0.3 is 5.32 Å². The van der Waals surface area contributed by atoms with Crippen molar-refractivity contribution >= 4 is 11.6 Å². The van der Waals surface area contributed by atoms with E-state index in [0.29, 0.717) is 5.69 Å². The summed E-state index contributed by atoms with van der Waals surface area (Å²) in [6, 6.07) is 6.36. The van der Waals surface area contributed by atoms with Crippen molar-refractivity contribution < 1.29 is 13.6 Å². The standard InChI is InChI=1S/C9H7F2N5O/c10-8(11)9(17)13-6-3-1-2-4-7(6)16-5-12-14-15-16/h1-5,8H,(H,13,17). The number of amides is 1. The van der Waals surface area contributed by atoms with Crippen LogP contribution in [0.2, 0.25) is 0 Å². The second-order valence-electron chi connectivity index (χ2n) is 3.06.